The summed E-state index contributed by atoms with van der Waals surface area (Å²) in [6.45, 7) is 2.34. The second-order valence-electron chi connectivity index (χ2n) is 8.67. The van der Waals surface area contributed by atoms with Crippen molar-refractivity contribution in [1.29, 1.82) is 0 Å². The van der Waals surface area contributed by atoms with Crippen LogP contribution in [0.5, 0.6) is 5.75 Å². The van der Waals surface area contributed by atoms with Gasteiger partial charge in [0.25, 0.3) is 0 Å². The normalized spacial score (nSPS) is 37.4. The number of fused-ring (bicyclic) bond motifs is 5. The molecule has 0 radical (unpaired) electrons. The molecule has 0 aromatic heterocycles. The van der Waals surface area contributed by atoms with Crippen LogP contribution in [0, 0.1) is 17.3 Å². The van der Waals surface area contributed by atoms with Crippen molar-refractivity contribution in [2.45, 2.75) is 57.5 Å². The molecule has 5 atom stereocenters. The van der Waals surface area contributed by atoms with Gasteiger partial charge in [0.15, 0.2) is 0 Å². The predicted molar refractivity (Wildman–Crippen MR) is 97.9 cm³/mol. The van der Waals surface area contributed by atoms with Gasteiger partial charge >= 0.3 is 0 Å². The molecule has 3 aliphatic carbocycles. The van der Waals surface area contributed by atoms with Crippen molar-refractivity contribution in [1.82, 2.24) is 0 Å². The summed E-state index contributed by atoms with van der Waals surface area (Å²) in [5, 5.41) is 10.5. The summed E-state index contributed by atoms with van der Waals surface area (Å²) in [7, 11) is 5.95. The molecule has 0 heterocycles. The summed E-state index contributed by atoms with van der Waals surface area (Å²) in [6.07, 6.45) is 6.95. The monoisotopic (exact) mass is 329 g/mol. The second kappa shape index (κ2) is 5.66. The van der Waals surface area contributed by atoms with E-state index in [1.165, 1.54) is 42.5 Å². The highest BCUT2D eigenvalue weighted by Gasteiger charge is 2.54. The predicted octanol–water partition coefficient (Wildman–Crippen LogP) is 3.98. The smallest absolute Gasteiger partial charge is 0.142 e. The lowest BCUT2D eigenvalue weighted by molar-refractivity contribution is -0.0226. The second-order valence-corrected chi connectivity index (χ2v) is 8.67. The van der Waals surface area contributed by atoms with Crippen molar-refractivity contribution in [3.8, 4) is 5.75 Å². The van der Waals surface area contributed by atoms with Crippen LogP contribution in [0.15, 0.2) is 12.1 Å². The Morgan fingerprint density at radius 2 is 1.96 bits per heavy atom. The fraction of sp³-hybridized carbons (Fsp3) is 0.714. The number of hydrogen-bond acceptors (Lipinski definition) is 3. The maximum atomic E-state index is 10.5. The topological polar surface area (TPSA) is 32.7 Å². The summed E-state index contributed by atoms with van der Waals surface area (Å²) in [5.41, 5.74) is 4.39. The molecule has 4 rings (SSSR count). The van der Waals surface area contributed by atoms with Crippen LogP contribution in [0.25, 0.3) is 0 Å². The van der Waals surface area contributed by atoms with Gasteiger partial charge in [-0.3, -0.25) is 0 Å². The number of nitrogens with zero attached hydrogens (tertiary/aromatic N) is 1. The Labute approximate surface area is 146 Å². The van der Waals surface area contributed by atoms with Gasteiger partial charge in [0, 0.05) is 14.1 Å². The number of aryl methyl sites for hydroxylation is 1. The summed E-state index contributed by atoms with van der Waals surface area (Å²) in [5.74, 6) is 3.09. The molecule has 0 spiro atoms. The number of aliphatic hydroxyl groups is 1. The lowest BCUT2D eigenvalue weighted by atomic mass is 9.55. The molecular weight excluding hydrogens is 298 g/mol. The van der Waals surface area contributed by atoms with Crippen molar-refractivity contribution in [2.75, 3.05) is 26.1 Å². The molecular formula is C21H31NO2. The van der Waals surface area contributed by atoms with Crippen molar-refractivity contribution in [2.24, 2.45) is 17.3 Å². The molecule has 0 saturated heterocycles. The van der Waals surface area contributed by atoms with Gasteiger partial charge in [-0.25, -0.2) is 0 Å². The first-order valence-corrected chi connectivity index (χ1v) is 9.52. The summed E-state index contributed by atoms with van der Waals surface area (Å²) in [6, 6.07) is 4.66. The minimum absolute atomic E-state index is 0.0875. The minimum atomic E-state index is -0.0875. The third-order valence-electron chi connectivity index (χ3n) is 7.46. The van der Waals surface area contributed by atoms with E-state index in [1.807, 2.05) is 0 Å². The Morgan fingerprint density at radius 3 is 2.67 bits per heavy atom. The highest BCUT2D eigenvalue weighted by atomic mass is 16.5. The molecule has 0 unspecified atom stereocenters. The van der Waals surface area contributed by atoms with E-state index in [-0.39, 0.29) is 11.5 Å². The molecule has 24 heavy (non-hydrogen) atoms. The SMILES string of the molecule is COc1cc2c(cc1N(C)C)CC[C@@H]1[C@@H]2CC[C@]2(C)[C@@H](O)CC[C@@H]12. The van der Waals surface area contributed by atoms with Crippen LogP contribution >= 0.6 is 0 Å². The van der Waals surface area contributed by atoms with Gasteiger partial charge in [0.2, 0.25) is 0 Å². The van der Waals surface area contributed by atoms with Crippen LogP contribution in [0.1, 0.15) is 56.1 Å². The van der Waals surface area contributed by atoms with Crippen molar-refractivity contribution >= 4 is 5.69 Å². The summed E-state index contributed by atoms with van der Waals surface area (Å²) < 4.78 is 5.69. The van der Waals surface area contributed by atoms with Gasteiger partial charge in [-0.2, -0.15) is 0 Å². The highest BCUT2D eigenvalue weighted by molar-refractivity contribution is 5.62. The molecule has 0 amide bonds. The minimum Gasteiger partial charge on any atom is -0.495 e. The lowest BCUT2D eigenvalue weighted by Gasteiger charge is -2.50. The third-order valence-corrected chi connectivity index (χ3v) is 7.46. The number of hydrogen-bond donors (Lipinski definition) is 1. The number of ether oxygens (including phenoxy) is 1. The van der Waals surface area contributed by atoms with Gasteiger partial charge in [0.1, 0.15) is 5.75 Å². The average molecular weight is 329 g/mol. The number of anilines is 1. The van der Waals surface area contributed by atoms with Crippen molar-refractivity contribution in [3.05, 3.63) is 23.3 Å². The zero-order valence-electron chi connectivity index (χ0n) is 15.5. The maximum absolute atomic E-state index is 10.5. The van der Waals surface area contributed by atoms with Gasteiger partial charge in [-0.1, -0.05) is 6.92 Å². The van der Waals surface area contributed by atoms with Gasteiger partial charge in [-0.15, -0.1) is 0 Å². The van der Waals surface area contributed by atoms with E-state index < -0.39 is 0 Å². The zero-order valence-corrected chi connectivity index (χ0v) is 15.5. The Morgan fingerprint density at radius 1 is 1.17 bits per heavy atom. The Kier molecular flexibility index (Phi) is 3.83. The van der Waals surface area contributed by atoms with Gasteiger partial charge in [-0.05, 0) is 85.0 Å². The zero-order chi connectivity index (χ0) is 17.1. The molecule has 1 aromatic carbocycles. The maximum Gasteiger partial charge on any atom is 0.142 e. The first kappa shape index (κ1) is 16.3. The van der Waals surface area contributed by atoms with Crippen LogP contribution in [0.4, 0.5) is 5.69 Å². The molecule has 3 nitrogen and oxygen atoms in total. The number of aliphatic hydroxyl groups excluding tert-OH is 1. The summed E-state index contributed by atoms with van der Waals surface area (Å²) >= 11 is 0. The standard InChI is InChI=1S/C21H31NO2/c1-21-10-9-14-15(17(21)7-8-20(21)23)6-5-13-11-18(22(2)3)19(24-4)12-16(13)14/h11-12,14-15,17,20,23H,5-10H2,1-4H3/t14-,15+,17-,20-,21-/m0/s1. The fourth-order valence-electron chi connectivity index (χ4n) is 6.07. The molecule has 0 bridgehead atoms. The van der Waals surface area contributed by atoms with E-state index >= 15 is 0 Å². The Bertz CT molecular complexity index is 641. The first-order valence-electron chi connectivity index (χ1n) is 9.52. The quantitative estimate of drug-likeness (QED) is 0.891. The van der Waals surface area contributed by atoms with E-state index in [9.17, 15) is 5.11 Å². The summed E-state index contributed by atoms with van der Waals surface area (Å²) in [4.78, 5) is 2.15. The molecule has 2 fully saturated rings. The number of rotatable bonds is 2. The van der Waals surface area contributed by atoms with Gasteiger partial charge < -0.3 is 14.7 Å². The Hall–Kier alpha value is -1.22. The highest BCUT2D eigenvalue weighted by Crippen LogP contribution is 2.61. The first-order chi connectivity index (χ1) is 11.5. The molecule has 3 heteroatoms. The molecule has 2 saturated carbocycles. The largest absolute Gasteiger partial charge is 0.495 e. The van der Waals surface area contributed by atoms with Crippen molar-refractivity contribution in [3.63, 3.8) is 0 Å². The number of methoxy groups -OCH3 is 1. The fourth-order valence-corrected chi connectivity index (χ4v) is 6.07. The number of benzene rings is 1. The van der Waals surface area contributed by atoms with E-state index in [4.69, 9.17) is 4.74 Å². The van der Waals surface area contributed by atoms with Crippen LogP contribution in [-0.2, 0) is 6.42 Å². The average Bonchev–Trinajstić information content (AvgIpc) is 2.88. The molecule has 1 N–H and O–H groups in total. The molecule has 0 aliphatic heterocycles. The Balaban J connectivity index is 1.72. The van der Waals surface area contributed by atoms with E-state index in [0.717, 1.165) is 24.5 Å². The van der Waals surface area contributed by atoms with E-state index in [1.54, 1.807) is 7.11 Å². The van der Waals surface area contributed by atoms with Gasteiger partial charge in [0.05, 0.1) is 18.9 Å². The van der Waals surface area contributed by atoms with E-state index in [2.05, 4.69) is 38.1 Å². The molecule has 132 valence electrons. The third kappa shape index (κ3) is 2.20. The van der Waals surface area contributed by atoms with Crippen LogP contribution < -0.4 is 9.64 Å². The van der Waals surface area contributed by atoms with Crippen LogP contribution in [0.2, 0.25) is 0 Å². The molecule has 3 aliphatic rings. The van der Waals surface area contributed by atoms with E-state index in [0.29, 0.717) is 11.8 Å². The lowest BCUT2D eigenvalue weighted by Crippen LogP contribution is -2.43. The van der Waals surface area contributed by atoms with Crippen LogP contribution in [-0.4, -0.2) is 32.4 Å². The molecule has 1 aromatic rings. The van der Waals surface area contributed by atoms with Crippen molar-refractivity contribution < 1.29 is 9.84 Å². The van der Waals surface area contributed by atoms with Crippen LogP contribution in [0.3, 0.4) is 0 Å².